The van der Waals surface area contributed by atoms with Gasteiger partial charge in [0.05, 0.1) is 0 Å². The molecule has 1 aromatic carbocycles. The summed E-state index contributed by atoms with van der Waals surface area (Å²) in [6.45, 7) is 8.06. The van der Waals surface area contributed by atoms with Gasteiger partial charge in [0.1, 0.15) is 0 Å². The van der Waals surface area contributed by atoms with Crippen molar-refractivity contribution in [3.63, 3.8) is 0 Å². The van der Waals surface area contributed by atoms with Gasteiger partial charge in [-0.15, -0.1) is 0 Å². The van der Waals surface area contributed by atoms with Crippen LogP contribution in [0.5, 0.6) is 0 Å². The van der Waals surface area contributed by atoms with Crippen LogP contribution in [0.2, 0.25) is 0 Å². The Bertz CT molecular complexity index is 338. The van der Waals surface area contributed by atoms with Crippen molar-refractivity contribution in [1.29, 1.82) is 0 Å². The van der Waals surface area contributed by atoms with Gasteiger partial charge in [-0.1, -0.05) is 0 Å². The normalized spacial score (nSPS) is 11.4. The van der Waals surface area contributed by atoms with Crippen LogP contribution in [0.15, 0.2) is 24.3 Å². The second-order valence-electron chi connectivity index (χ2n) is 3.44. The minimum Gasteiger partial charge on any atom is 0 e. The van der Waals surface area contributed by atoms with Crippen LogP contribution in [-0.4, -0.2) is 10.9 Å². The summed E-state index contributed by atoms with van der Waals surface area (Å²) in [5.74, 6) is 0.375. The molecule has 1 rings (SSSR count). The second kappa shape index (κ2) is 8.73. The van der Waals surface area contributed by atoms with Gasteiger partial charge in [0.2, 0.25) is 0 Å². The van der Waals surface area contributed by atoms with E-state index >= 15 is 0 Å². The first-order valence-electron chi connectivity index (χ1n) is 5.06. The molecule has 1 aromatic rings. The van der Waals surface area contributed by atoms with Gasteiger partial charge < -0.3 is 0 Å². The van der Waals surface area contributed by atoms with Crippen molar-refractivity contribution in [3.8, 4) is 0 Å². The molecule has 0 aliphatic rings. The van der Waals surface area contributed by atoms with Gasteiger partial charge in [-0.25, -0.2) is 0 Å². The Morgan fingerprint density at radius 2 is 2.06 bits per heavy atom. The van der Waals surface area contributed by atoms with Crippen molar-refractivity contribution in [2.45, 2.75) is 12.8 Å². The summed E-state index contributed by atoms with van der Waals surface area (Å²) in [7, 11) is 1.83. The Morgan fingerprint density at radius 3 is 2.62 bits per heavy atom. The van der Waals surface area contributed by atoms with E-state index in [0.717, 1.165) is 18.5 Å². The molecule has 1 radical (unpaired) electrons. The molecule has 0 aliphatic heterocycles. The van der Waals surface area contributed by atoms with Crippen molar-refractivity contribution in [1.82, 2.24) is 0 Å². The fourth-order valence-electron chi connectivity index (χ4n) is 1.47. The molecule has 0 heterocycles. The van der Waals surface area contributed by atoms with Gasteiger partial charge in [-0.3, -0.25) is 0 Å². The average molecular weight is 459 g/mol. The topological polar surface area (TPSA) is 14.1 Å². The molecule has 16 heavy (non-hydrogen) atoms. The molecule has 1 nitrogen and oxygen atoms in total. The van der Waals surface area contributed by atoms with Crippen molar-refractivity contribution >= 4 is 9.59 Å². The molecule has 0 aromatic heterocycles. The monoisotopic (exact) mass is 459 g/mol. The van der Waals surface area contributed by atoms with Crippen molar-refractivity contribution in [2.75, 3.05) is 7.05 Å². The molecule has 1 atom stereocenters. The van der Waals surface area contributed by atoms with Crippen molar-refractivity contribution in [2.24, 2.45) is 5.92 Å². The van der Waals surface area contributed by atoms with E-state index in [4.69, 9.17) is 0 Å². The maximum absolute atomic E-state index is 4.28. The molecule has 0 aliphatic carbocycles. The molecule has 3 heteroatoms. The summed E-state index contributed by atoms with van der Waals surface area (Å²) in [6.07, 6.45) is 1.99. The van der Waals surface area contributed by atoms with Crippen LogP contribution >= 0.6 is 0 Å². The molecular weight excluding hydrogens is 443 g/mol. The van der Waals surface area contributed by atoms with Crippen LogP contribution < -0.4 is 0 Å². The molecule has 0 saturated heterocycles. The van der Waals surface area contributed by atoms with Gasteiger partial charge in [0.15, 0.2) is 0 Å². The quantitative estimate of drug-likeness (QED) is 0.600. The van der Waals surface area contributed by atoms with Gasteiger partial charge >= 0.3 is 104 Å². The third-order valence-electron chi connectivity index (χ3n) is 2.33. The Balaban J connectivity index is 0.00000225. The van der Waals surface area contributed by atoms with Gasteiger partial charge in [-0.2, -0.15) is 0 Å². The van der Waals surface area contributed by atoms with Gasteiger partial charge in [0.25, 0.3) is 0 Å². The average Bonchev–Trinajstić information content (AvgIpc) is 2.28. The van der Waals surface area contributed by atoms with E-state index < -0.39 is 0 Å². The summed E-state index contributed by atoms with van der Waals surface area (Å²) in [4.78, 5) is 0. The van der Waals surface area contributed by atoms with E-state index in [1.54, 1.807) is 0 Å². The van der Waals surface area contributed by atoms with Crippen LogP contribution in [0, 0.1) is 19.8 Å². The predicted molar refractivity (Wildman–Crippen MR) is 62.9 cm³/mol. The Hall–Kier alpha value is 0.682. The summed E-state index contributed by atoms with van der Waals surface area (Å²) >= 11 is 1.48. The Morgan fingerprint density at radius 1 is 1.44 bits per heavy atom. The molecule has 0 N–H and O–H groups in total. The molecular formula is C13H16NWY-3. The zero-order chi connectivity index (χ0) is 11.3. The first-order valence-corrected chi connectivity index (χ1v) is 6.52. The number of hydrogen-bond donors (Lipinski definition) is 0. The Labute approximate surface area is 135 Å². The summed E-state index contributed by atoms with van der Waals surface area (Å²) in [5.41, 5.74) is 2.32. The van der Waals surface area contributed by atoms with Gasteiger partial charge in [-0.05, 0) is 0 Å². The maximum Gasteiger partial charge on any atom is 0 e. The summed E-state index contributed by atoms with van der Waals surface area (Å²) < 4.78 is 1.39. The van der Waals surface area contributed by atoms with Crippen LogP contribution in [-0.2, 0) is 52.1 Å². The predicted octanol–water partition coefficient (Wildman–Crippen LogP) is 3.45. The fraction of sp³-hybridized carbons (Fsp3) is 0.308. The third kappa shape index (κ3) is 4.51. The zero-order valence-electron chi connectivity index (χ0n) is 9.65. The van der Waals surface area contributed by atoms with Crippen LogP contribution in [0.25, 0.3) is 5.32 Å². The smallest absolute Gasteiger partial charge is 0 e. The van der Waals surface area contributed by atoms with Crippen molar-refractivity contribution < 1.29 is 52.1 Å². The molecule has 85 valence electrons. The second-order valence-corrected chi connectivity index (χ2v) is 5.02. The summed E-state index contributed by atoms with van der Waals surface area (Å²) in [6, 6.07) is 8.26. The van der Waals surface area contributed by atoms with Crippen molar-refractivity contribution in [3.05, 3.63) is 49.0 Å². The fourth-order valence-corrected chi connectivity index (χ4v) is 2.52. The Kier molecular flexibility index (Phi) is 9.10. The zero-order valence-corrected chi connectivity index (χ0v) is 15.4. The summed E-state index contributed by atoms with van der Waals surface area (Å²) in [5, 5.41) is 4.28. The van der Waals surface area contributed by atoms with E-state index in [-0.39, 0.29) is 32.7 Å². The third-order valence-corrected chi connectivity index (χ3v) is 4.32. The molecule has 0 spiro atoms. The largest absolute Gasteiger partial charge is 0 e. The number of rotatable bonds is 5. The SMILES string of the molecule is [CH2-]CCC([CH2-])[C](=[W])c1ccccc1[N-]C.[Y]. The maximum atomic E-state index is 4.28. The number of para-hydroxylation sites is 1. The number of nitrogens with zero attached hydrogens (tertiary/aromatic N) is 1. The van der Waals surface area contributed by atoms with E-state index in [0.29, 0.717) is 5.92 Å². The molecule has 0 saturated carbocycles. The van der Waals surface area contributed by atoms with E-state index in [2.05, 4.69) is 37.4 Å². The number of benzene rings is 1. The van der Waals surface area contributed by atoms with E-state index in [1.165, 1.54) is 28.8 Å². The first-order chi connectivity index (χ1) is 7.20. The minimum atomic E-state index is 0. The van der Waals surface area contributed by atoms with Gasteiger partial charge in [0, 0.05) is 32.7 Å². The van der Waals surface area contributed by atoms with E-state index in [1.807, 2.05) is 13.1 Å². The molecule has 0 bridgehead atoms. The minimum absolute atomic E-state index is 0. The van der Waals surface area contributed by atoms with E-state index in [9.17, 15) is 0 Å². The molecule has 0 amide bonds. The molecule has 1 unspecified atom stereocenters. The number of hydrogen-bond acceptors (Lipinski definition) is 0. The first kappa shape index (κ1) is 16.7. The van der Waals surface area contributed by atoms with Crippen LogP contribution in [0.3, 0.4) is 0 Å². The molecule has 0 fully saturated rings. The van der Waals surface area contributed by atoms with Crippen LogP contribution in [0.4, 0.5) is 5.69 Å². The van der Waals surface area contributed by atoms with Crippen LogP contribution in [0.1, 0.15) is 18.4 Å². The standard InChI is InChI=1S/C13H16N.W.Y/c1-4-7-11(2)10-12-8-5-6-9-13(12)14-3;;/h5-6,8-9,11H,1-2,4,7H2,3H3;;/q-3;;.